The van der Waals surface area contributed by atoms with Crippen LogP contribution in [-0.4, -0.2) is 34.3 Å². The molecule has 4 aromatic rings. The van der Waals surface area contributed by atoms with Crippen LogP contribution in [-0.2, 0) is 6.54 Å². The lowest BCUT2D eigenvalue weighted by Gasteiger charge is -2.17. The monoisotopic (exact) mass is 449 g/mol. The van der Waals surface area contributed by atoms with Crippen LogP contribution in [0.4, 0.5) is 0 Å². The van der Waals surface area contributed by atoms with Crippen LogP contribution in [0.5, 0.6) is 5.75 Å². The molecule has 146 valence electrons. The standard InChI is InChI=1S/C23H20BrN3O2/c1-26(15-16-7-4-3-5-8-16)23(28)19-9-6-14-27-21(24)20(25-22(19)27)17-10-12-18(29-2)13-11-17/h3-14H,15H2,1-2H3. The van der Waals surface area contributed by atoms with E-state index in [-0.39, 0.29) is 5.91 Å². The number of methoxy groups -OCH3 is 1. The van der Waals surface area contributed by atoms with E-state index < -0.39 is 0 Å². The number of carbonyl (C=O) groups is 1. The van der Waals surface area contributed by atoms with E-state index >= 15 is 0 Å². The lowest BCUT2D eigenvalue weighted by Crippen LogP contribution is -2.26. The molecule has 1 amide bonds. The third-order valence-corrected chi connectivity index (χ3v) is 5.55. The summed E-state index contributed by atoms with van der Waals surface area (Å²) >= 11 is 3.64. The van der Waals surface area contributed by atoms with Crippen LogP contribution < -0.4 is 4.74 Å². The van der Waals surface area contributed by atoms with Crippen molar-refractivity contribution in [1.82, 2.24) is 14.3 Å². The lowest BCUT2D eigenvalue weighted by atomic mass is 10.1. The van der Waals surface area contributed by atoms with Crippen molar-refractivity contribution in [3.63, 3.8) is 0 Å². The highest BCUT2D eigenvalue weighted by atomic mass is 79.9. The Bertz CT molecular complexity index is 1150. The predicted octanol–water partition coefficient (Wildman–Crippen LogP) is 5.04. The molecular formula is C23H20BrN3O2. The summed E-state index contributed by atoms with van der Waals surface area (Å²) in [6, 6.07) is 21.3. The molecule has 2 aromatic heterocycles. The molecule has 6 heteroatoms. The van der Waals surface area contributed by atoms with E-state index in [2.05, 4.69) is 15.9 Å². The summed E-state index contributed by atoms with van der Waals surface area (Å²) in [5, 5.41) is 0. The number of benzene rings is 2. The first-order valence-corrected chi connectivity index (χ1v) is 9.98. The van der Waals surface area contributed by atoms with Gasteiger partial charge in [0.2, 0.25) is 0 Å². The summed E-state index contributed by atoms with van der Waals surface area (Å²) < 4.78 is 7.93. The van der Waals surface area contributed by atoms with Gasteiger partial charge in [-0.1, -0.05) is 30.3 Å². The fourth-order valence-corrected chi connectivity index (χ4v) is 3.88. The Kier molecular flexibility index (Phi) is 5.36. The van der Waals surface area contributed by atoms with Gasteiger partial charge >= 0.3 is 0 Å². The molecule has 0 aliphatic heterocycles. The fraction of sp³-hybridized carbons (Fsp3) is 0.130. The van der Waals surface area contributed by atoms with Gasteiger partial charge in [0.25, 0.3) is 5.91 Å². The maximum atomic E-state index is 13.1. The molecule has 0 unspecified atom stereocenters. The number of imidazole rings is 1. The summed E-state index contributed by atoms with van der Waals surface area (Å²) in [6.45, 7) is 0.536. The van der Waals surface area contributed by atoms with Crippen LogP contribution in [0.15, 0.2) is 77.5 Å². The van der Waals surface area contributed by atoms with Gasteiger partial charge in [0, 0.05) is 25.4 Å². The van der Waals surface area contributed by atoms with Crippen molar-refractivity contribution < 1.29 is 9.53 Å². The van der Waals surface area contributed by atoms with Crippen molar-refractivity contribution >= 4 is 27.5 Å². The van der Waals surface area contributed by atoms with Crippen molar-refractivity contribution in [3.05, 3.63) is 88.7 Å². The SMILES string of the molecule is COc1ccc(-c2nc3c(C(=O)N(C)Cc4ccccc4)cccn3c2Br)cc1. The van der Waals surface area contributed by atoms with Crippen molar-refractivity contribution in [1.29, 1.82) is 0 Å². The maximum absolute atomic E-state index is 13.1. The number of hydrogen-bond donors (Lipinski definition) is 0. The van der Waals surface area contributed by atoms with Gasteiger partial charge in [0.1, 0.15) is 16.0 Å². The molecule has 0 N–H and O–H groups in total. The van der Waals surface area contributed by atoms with Crippen molar-refractivity contribution in [2.75, 3.05) is 14.2 Å². The quantitative estimate of drug-likeness (QED) is 0.428. The number of halogens is 1. The number of fused-ring (bicyclic) bond motifs is 1. The number of carbonyl (C=O) groups excluding carboxylic acids is 1. The Morgan fingerprint density at radius 1 is 1.07 bits per heavy atom. The Labute approximate surface area is 177 Å². The number of amides is 1. The highest BCUT2D eigenvalue weighted by Crippen LogP contribution is 2.31. The van der Waals surface area contributed by atoms with Crippen LogP contribution in [0.2, 0.25) is 0 Å². The van der Waals surface area contributed by atoms with E-state index in [1.807, 2.05) is 77.3 Å². The van der Waals surface area contributed by atoms with Crippen molar-refractivity contribution in [3.8, 4) is 17.0 Å². The van der Waals surface area contributed by atoms with E-state index in [0.717, 1.165) is 27.2 Å². The zero-order valence-electron chi connectivity index (χ0n) is 16.2. The topological polar surface area (TPSA) is 46.8 Å². The largest absolute Gasteiger partial charge is 0.497 e. The summed E-state index contributed by atoms with van der Waals surface area (Å²) in [5.41, 5.74) is 3.98. The maximum Gasteiger partial charge on any atom is 0.257 e. The molecule has 0 fully saturated rings. The van der Waals surface area contributed by atoms with Gasteiger partial charge in [-0.3, -0.25) is 9.20 Å². The number of rotatable bonds is 5. The van der Waals surface area contributed by atoms with Crippen LogP contribution in [0.1, 0.15) is 15.9 Å². The number of hydrogen-bond acceptors (Lipinski definition) is 3. The van der Waals surface area contributed by atoms with Crippen LogP contribution in [0, 0.1) is 0 Å². The van der Waals surface area contributed by atoms with Gasteiger partial charge < -0.3 is 9.64 Å². The van der Waals surface area contributed by atoms with Crippen LogP contribution in [0.3, 0.4) is 0 Å². The van der Waals surface area contributed by atoms with Crippen molar-refractivity contribution in [2.45, 2.75) is 6.54 Å². The summed E-state index contributed by atoms with van der Waals surface area (Å²) in [7, 11) is 3.45. The van der Waals surface area contributed by atoms with Gasteiger partial charge in [0.05, 0.1) is 12.7 Å². The molecule has 29 heavy (non-hydrogen) atoms. The lowest BCUT2D eigenvalue weighted by molar-refractivity contribution is 0.0786. The Balaban J connectivity index is 1.71. The fourth-order valence-electron chi connectivity index (χ4n) is 3.27. The first-order chi connectivity index (χ1) is 14.1. The molecular weight excluding hydrogens is 430 g/mol. The summed E-state index contributed by atoms with van der Waals surface area (Å²) in [5.74, 6) is 0.713. The molecule has 0 spiro atoms. The molecule has 0 saturated heterocycles. The second kappa shape index (κ2) is 8.09. The summed E-state index contributed by atoms with van der Waals surface area (Å²) in [6.07, 6.45) is 1.90. The minimum atomic E-state index is -0.0711. The average molecular weight is 450 g/mol. The normalized spacial score (nSPS) is 10.9. The molecule has 0 atom stereocenters. The van der Waals surface area contributed by atoms with Gasteiger partial charge in [-0.05, 0) is 57.9 Å². The van der Waals surface area contributed by atoms with E-state index in [1.54, 1.807) is 19.1 Å². The number of aromatic nitrogens is 2. The summed E-state index contributed by atoms with van der Waals surface area (Å²) in [4.78, 5) is 19.6. The molecule has 0 bridgehead atoms. The van der Waals surface area contributed by atoms with Gasteiger partial charge in [-0.15, -0.1) is 0 Å². The zero-order valence-corrected chi connectivity index (χ0v) is 17.8. The van der Waals surface area contributed by atoms with Gasteiger partial charge in [-0.25, -0.2) is 4.98 Å². The molecule has 5 nitrogen and oxygen atoms in total. The minimum absolute atomic E-state index is 0.0711. The molecule has 2 heterocycles. The third kappa shape index (κ3) is 3.76. The molecule has 0 aliphatic rings. The van der Waals surface area contributed by atoms with Gasteiger partial charge in [0.15, 0.2) is 5.65 Å². The molecule has 0 aliphatic carbocycles. The van der Waals surface area contributed by atoms with Crippen LogP contribution >= 0.6 is 15.9 Å². The molecule has 0 saturated carbocycles. The zero-order chi connectivity index (χ0) is 20.4. The number of ether oxygens (including phenoxy) is 1. The third-order valence-electron chi connectivity index (χ3n) is 4.79. The number of nitrogens with zero attached hydrogens (tertiary/aromatic N) is 3. The first-order valence-electron chi connectivity index (χ1n) is 9.19. The Hall–Kier alpha value is -3.12. The highest BCUT2D eigenvalue weighted by Gasteiger charge is 2.20. The van der Waals surface area contributed by atoms with E-state index in [0.29, 0.717) is 17.8 Å². The van der Waals surface area contributed by atoms with E-state index in [4.69, 9.17) is 9.72 Å². The van der Waals surface area contributed by atoms with Gasteiger partial charge in [-0.2, -0.15) is 0 Å². The van der Waals surface area contributed by atoms with Crippen LogP contribution in [0.25, 0.3) is 16.9 Å². The van der Waals surface area contributed by atoms with E-state index in [1.165, 1.54) is 0 Å². The Morgan fingerprint density at radius 2 is 1.79 bits per heavy atom. The smallest absolute Gasteiger partial charge is 0.257 e. The highest BCUT2D eigenvalue weighted by molar-refractivity contribution is 9.10. The van der Waals surface area contributed by atoms with E-state index in [9.17, 15) is 4.79 Å². The minimum Gasteiger partial charge on any atom is -0.497 e. The molecule has 2 aromatic carbocycles. The Morgan fingerprint density at radius 3 is 2.48 bits per heavy atom. The molecule has 4 rings (SSSR count). The predicted molar refractivity (Wildman–Crippen MR) is 117 cm³/mol. The molecule has 0 radical (unpaired) electrons. The second-order valence-corrected chi connectivity index (χ2v) is 7.49. The first kappa shape index (κ1) is 19.2. The number of pyridine rings is 1. The van der Waals surface area contributed by atoms with Crippen molar-refractivity contribution in [2.24, 2.45) is 0 Å². The second-order valence-electron chi connectivity index (χ2n) is 6.74. The average Bonchev–Trinajstić information content (AvgIpc) is 3.10.